The second kappa shape index (κ2) is 7.13. The van der Waals surface area contributed by atoms with Crippen molar-refractivity contribution in [1.29, 1.82) is 0 Å². The Kier molecular flexibility index (Phi) is 4.67. The molecule has 1 amide bonds. The highest BCUT2D eigenvalue weighted by atomic mass is 35.5. The molecule has 0 aliphatic carbocycles. The van der Waals surface area contributed by atoms with Crippen molar-refractivity contribution >= 4 is 17.5 Å². The molecule has 140 valence electrons. The van der Waals surface area contributed by atoms with Crippen LogP contribution in [0.25, 0.3) is 11.3 Å². The number of aryl methyl sites for hydroxylation is 1. The Morgan fingerprint density at radius 1 is 1.33 bits per heavy atom. The minimum Gasteiger partial charge on any atom is -0.439 e. The molecule has 2 N–H and O–H groups in total. The summed E-state index contributed by atoms with van der Waals surface area (Å²) in [6.07, 6.45) is 1.83. The monoisotopic (exact) mass is 387 g/mol. The molecule has 1 atom stereocenters. The van der Waals surface area contributed by atoms with Gasteiger partial charge in [0.2, 0.25) is 11.8 Å². The van der Waals surface area contributed by atoms with E-state index in [4.69, 9.17) is 26.3 Å². The van der Waals surface area contributed by atoms with Gasteiger partial charge in [-0.15, -0.1) is 0 Å². The van der Waals surface area contributed by atoms with Crippen LogP contribution in [0.3, 0.4) is 0 Å². The summed E-state index contributed by atoms with van der Waals surface area (Å²) in [6, 6.07) is 7.36. The van der Waals surface area contributed by atoms with Crippen LogP contribution in [0.2, 0.25) is 5.02 Å². The summed E-state index contributed by atoms with van der Waals surface area (Å²) in [4.78, 5) is 22.0. The molecule has 2 aromatic heterocycles. The summed E-state index contributed by atoms with van der Waals surface area (Å²) in [7, 11) is 0. The summed E-state index contributed by atoms with van der Waals surface area (Å²) in [5.41, 5.74) is 6.94. The molecule has 0 bridgehead atoms. The third-order valence-corrected chi connectivity index (χ3v) is 4.85. The average molecular weight is 388 g/mol. The molecular weight excluding hydrogens is 370 g/mol. The number of nitrogens with two attached hydrogens (primary N) is 1. The molecule has 1 aromatic carbocycles. The molecule has 0 radical (unpaired) electrons. The highest BCUT2D eigenvalue weighted by Gasteiger charge is 2.32. The van der Waals surface area contributed by atoms with E-state index < -0.39 is 5.91 Å². The predicted octanol–water partition coefficient (Wildman–Crippen LogP) is 3.12. The molecule has 1 unspecified atom stereocenters. The Bertz CT molecular complexity index is 966. The van der Waals surface area contributed by atoms with Gasteiger partial charge in [0.15, 0.2) is 5.76 Å². The van der Waals surface area contributed by atoms with Crippen LogP contribution in [0.1, 0.15) is 47.0 Å². The van der Waals surface area contributed by atoms with Crippen LogP contribution in [-0.4, -0.2) is 32.5 Å². The molecule has 1 aliphatic heterocycles. The molecule has 0 spiro atoms. The fourth-order valence-electron chi connectivity index (χ4n) is 3.33. The zero-order valence-corrected chi connectivity index (χ0v) is 15.4. The van der Waals surface area contributed by atoms with Crippen molar-refractivity contribution in [3.8, 4) is 11.3 Å². The zero-order valence-electron chi connectivity index (χ0n) is 14.7. The minimum absolute atomic E-state index is 0.0863. The maximum Gasteiger partial charge on any atom is 0.290 e. The van der Waals surface area contributed by atoms with Crippen molar-refractivity contribution in [3.63, 3.8) is 0 Å². The van der Waals surface area contributed by atoms with Gasteiger partial charge in [-0.1, -0.05) is 16.8 Å². The topological polar surface area (TPSA) is 111 Å². The first kappa shape index (κ1) is 17.7. The van der Waals surface area contributed by atoms with Gasteiger partial charge in [0.05, 0.1) is 18.3 Å². The van der Waals surface area contributed by atoms with Gasteiger partial charge < -0.3 is 14.7 Å². The second-order valence-electron chi connectivity index (χ2n) is 6.48. The molecule has 4 rings (SSSR count). The number of carbonyl (C=O) groups excluding carboxylic acids is 1. The number of rotatable bonds is 5. The maximum atomic E-state index is 11.2. The number of amides is 1. The summed E-state index contributed by atoms with van der Waals surface area (Å²) >= 11 is 5.95. The van der Waals surface area contributed by atoms with Crippen molar-refractivity contribution in [3.05, 3.63) is 52.6 Å². The molecular formula is C18H18ClN5O3. The first-order chi connectivity index (χ1) is 13.0. The van der Waals surface area contributed by atoms with Crippen molar-refractivity contribution < 1.29 is 13.7 Å². The Morgan fingerprint density at radius 3 is 2.81 bits per heavy atom. The van der Waals surface area contributed by atoms with E-state index in [0.29, 0.717) is 23.3 Å². The van der Waals surface area contributed by atoms with E-state index in [1.165, 1.54) is 0 Å². The summed E-state index contributed by atoms with van der Waals surface area (Å²) in [6.45, 7) is 3.26. The van der Waals surface area contributed by atoms with E-state index in [1.807, 2.05) is 31.2 Å². The number of hydrogen-bond donors (Lipinski definition) is 1. The predicted molar refractivity (Wildman–Crippen MR) is 96.9 cm³/mol. The average Bonchev–Trinajstić information content (AvgIpc) is 3.35. The lowest BCUT2D eigenvalue weighted by atomic mass is 10.1. The Labute approximate surface area is 160 Å². The van der Waals surface area contributed by atoms with Gasteiger partial charge in [-0.25, -0.2) is 4.98 Å². The van der Waals surface area contributed by atoms with Crippen molar-refractivity contribution in [1.82, 2.24) is 20.0 Å². The van der Waals surface area contributed by atoms with Gasteiger partial charge in [-0.2, -0.15) is 4.98 Å². The fourth-order valence-corrected chi connectivity index (χ4v) is 3.45. The van der Waals surface area contributed by atoms with E-state index in [0.717, 1.165) is 36.4 Å². The van der Waals surface area contributed by atoms with Crippen LogP contribution < -0.4 is 5.73 Å². The number of hydrogen-bond acceptors (Lipinski definition) is 7. The van der Waals surface area contributed by atoms with Gasteiger partial charge in [0.25, 0.3) is 11.7 Å². The SMILES string of the molecule is Cc1nc(CN2CCCC2c2nc(C(N)=O)no2)oc1-c1ccc(Cl)cc1. The summed E-state index contributed by atoms with van der Waals surface area (Å²) in [5.74, 6) is 0.923. The molecule has 9 heteroatoms. The van der Waals surface area contributed by atoms with Crippen molar-refractivity contribution in [2.75, 3.05) is 6.54 Å². The van der Waals surface area contributed by atoms with E-state index in [-0.39, 0.29) is 11.9 Å². The van der Waals surface area contributed by atoms with Crippen LogP contribution in [0.5, 0.6) is 0 Å². The van der Waals surface area contributed by atoms with Gasteiger partial charge in [-0.05, 0) is 50.6 Å². The third kappa shape index (κ3) is 3.58. The first-order valence-corrected chi connectivity index (χ1v) is 8.99. The summed E-state index contributed by atoms with van der Waals surface area (Å²) in [5, 5.41) is 4.30. The van der Waals surface area contributed by atoms with E-state index >= 15 is 0 Å². The number of aromatic nitrogens is 3. The Morgan fingerprint density at radius 2 is 2.11 bits per heavy atom. The largest absolute Gasteiger partial charge is 0.439 e. The second-order valence-corrected chi connectivity index (χ2v) is 6.91. The van der Waals surface area contributed by atoms with Crippen LogP contribution in [-0.2, 0) is 6.54 Å². The van der Waals surface area contributed by atoms with E-state index in [2.05, 4.69) is 20.0 Å². The Balaban J connectivity index is 1.53. The molecule has 8 nitrogen and oxygen atoms in total. The molecule has 3 aromatic rings. The number of halogens is 1. The third-order valence-electron chi connectivity index (χ3n) is 4.60. The molecule has 1 aliphatic rings. The molecule has 27 heavy (non-hydrogen) atoms. The fraction of sp³-hybridized carbons (Fsp3) is 0.333. The number of benzene rings is 1. The lowest BCUT2D eigenvalue weighted by Crippen LogP contribution is -2.23. The van der Waals surface area contributed by atoms with Crippen molar-refractivity contribution in [2.45, 2.75) is 32.4 Å². The van der Waals surface area contributed by atoms with Gasteiger partial charge in [-0.3, -0.25) is 9.69 Å². The smallest absolute Gasteiger partial charge is 0.290 e. The van der Waals surface area contributed by atoms with Crippen LogP contribution in [0.4, 0.5) is 0 Å². The lowest BCUT2D eigenvalue weighted by Gasteiger charge is -2.19. The number of likely N-dealkylation sites (tertiary alicyclic amines) is 1. The molecule has 1 fully saturated rings. The zero-order chi connectivity index (χ0) is 19.0. The van der Waals surface area contributed by atoms with Gasteiger partial charge in [0, 0.05) is 10.6 Å². The van der Waals surface area contributed by atoms with Crippen molar-refractivity contribution in [2.24, 2.45) is 5.73 Å². The number of nitrogens with zero attached hydrogens (tertiary/aromatic N) is 4. The molecule has 3 heterocycles. The summed E-state index contributed by atoms with van der Waals surface area (Å²) < 4.78 is 11.2. The highest BCUT2D eigenvalue weighted by molar-refractivity contribution is 6.30. The Hall–Kier alpha value is -2.71. The van der Waals surface area contributed by atoms with Crippen LogP contribution >= 0.6 is 11.6 Å². The normalized spacial score (nSPS) is 17.5. The number of carbonyl (C=O) groups is 1. The quantitative estimate of drug-likeness (QED) is 0.715. The standard InChI is InChI=1S/C18H18ClN5O3/c1-10-15(11-4-6-12(19)7-5-11)26-14(21-10)9-24-8-2-3-13(24)18-22-17(16(20)25)23-27-18/h4-7,13H,2-3,8-9H2,1H3,(H2,20,25). The molecule has 1 saturated heterocycles. The molecule has 0 saturated carbocycles. The maximum absolute atomic E-state index is 11.2. The van der Waals surface area contributed by atoms with E-state index in [9.17, 15) is 4.79 Å². The number of oxazole rings is 1. The first-order valence-electron chi connectivity index (χ1n) is 8.61. The van der Waals surface area contributed by atoms with Crippen LogP contribution in [0.15, 0.2) is 33.2 Å². The van der Waals surface area contributed by atoms with E-state index in [1.54, 1.807) is 0 Å². The van der Waals surface area contributed by atoms with Crippen LogP contribution in [0, 0.1) is 6.92 Å². The van der Waals surface area contributed by atoms with Gasteiger partial charge >= 0.3 is 0 Å². The van der Waals surface area contributed by atoms with Gasteiger partial charge in [0.1, 0.15) is 0 Å². The minimum atomic E-state index is -0.703. The lowest BCUT2D eigenvalue weighted by molar-refractivity contribution is 0.0987. The highest BCUT2D eigenvalue weighted by Crippen LogP contribution is 2.33. The number of primary amides is 1.